The number of nitro groups is 1. The highest BCUT2D eigenvalue weighted by atomic mass is 35.5. The fourth-order valence-electron chi connectivity index (χ4n) is 2.64. The fourth-order valence-corrected chi connectivity index (χ4v) is 2.81. The third-order valence-corrected chi connectivity index (χ3v) is 4.19. The van der Waals surface area contributed by atoms with E-state index in [2.05, 4.69) is 0 Å². The minimum absolute atomic E-state index is 0. The molecule has 1 fully saturated rings. The van der Waals surface area contributed by atoms with Crippen molar-refractivity contribution in [1.82, 2.24) is 4.90 Å². The largest absolute Gasteiger partial charge is 0.338 e. The van der Waals surface area contributed by atoms with Gasteiger partial charge in [0.15, 0.2) is 0 Å². The van der Waals surface area contributed by atoms with Gasteiger partial charge in [-0.05, 0) is 37.8 Å². The number of nitrogens with two attached hydrogens (primary N) is 1. The second kappa shape index (κ2) is 7.76. The number of hydrogen-bond acceptors (Lipinski definition) is 4. The highest BCUT2D eigenvalue weighted by Crippen LogP contribution is 2.27. The summed E-state index contributed by atoms with van der Waals surface area (Å²) in [4.78, 5) is 24.6. The van der Waals surface area contributed by atoms with Crippen LogP contribution in [0.2, 0.25) is 5.02 Å². The number of piperidine rings is 1. The maximum Gasteiger partial charge on any atom is 0.282 e. The SMILES string of the molecule is CC(N)C1CCN(C(=O)c2cc(Cl)ccc2[N+](=O)[O-])CC1.Cl. The number of nitrogens with zero attached hydrogens (tertiary/aromatic N) is 2. The van der Waals surface area contributed by atoms with E-state index in [1.807, 2.05) is 6.92 Å². The summed E-state index contributed by atoms with van der Waals surface area (Å²) in [5, 5.41) is 11.4. The first-order valence-corrected chi connectivity index (χ1v) is 7.26. The number of carbonyl (C=O) groups excluding carboxylic acids is 1. The van der Waals surface area contributed by atoms with Crippen LogP contribution in [0.3, 0.4) is 0 Å². The number of rotatable bonds is 3. The molecule has 1 unspecified atom stereocenters. The number of halogens is 2. The molecule has 1 saturated heterocycles. The van der Waals surface area contributed by atoms with E-state index in [1.54, 1.807) is 4.90 Å². The quantitative estimate of drug-likeness (QED) is 0.672. The zero-order valence-electron chi connectivity index (χ0n) is 12.2. The first-order chi connectivity index (χ1) is 9.90. The van der Waals surface area contributed by atoms with Crippen molar-refractivity contribution in [1.29, 1.82) is 0 Å². The summed E-state index contributed by atoms with van der Waals surface area (Å²) < 4.78 is 0. The Morgan fingerprint density at radius 1 is 1.45 bits per heavy atom. The molecule has 0 aliphatic carbocycles. The Morgan fingerprint density at radius 3 is 2.55 bits per heavy atom. The summed E-state index contributed by atoms with van der Waals surface area (Å²) in [6.45, 7) is 3.09. The first kappa shape index (κ1) is 18.7. The molecule has 2 N–H and O–H groups in total. The van der Waals surface area contributed by atoms with Gasteiger partial charge in [-0.3, -0.25) is 14.9 Å². The maximum atomic E-state index is 12.5. The molecule has 0 aromatic heterocycles. The molecule has 1 aromatic carbocycles. The number of nitro benzene ring substituents is 1. The molecule has 1 amide bonds. The van der Waals surface area contributed by atoms with Gasteiger partial charge in [0.2, 0.25) is 0 Å². The van der Waals surface area contributed by atoms with Crippen LogP contribution in [0.25, 0.3) is 0 Å². The second-order valence-electron chi connectivity index (χ2n) is 5.41. The van der Waals surface area contributed by atoms with Crippen LogP contribution in [0.5, 0.6) is 0 Å². The van der Waals surface area contributed by atoms with Gasteiger partial charge >= 0.3 is 0 Å². The van der Waals surface area contributed by atoms with Crippen LogP contribution in [-0.2, 0) is 0 Å². The van der Waals surface area contributed by atoms with Crippen molar-refractivity contribution >= 4 is 35.6 Å². The smallest absolute Gasteiger partial charge is 0.282 e. The average molecular weight is 348 g/mol. The topological polar surface area (TPSA) is 89.5 Å². The zero-order chi connectivity index (χ0) is 15.6. The number of hydrogen-bond donors (Lipinski definition) is 1. The zero-order valence-corrected chi connectivity index (χ0v) is 13.8. The molecule has 0 radical (unpaired) electrons. The van der Waals surface area contributed by atoms with Crippen LogP contribution < -0.4 is 5.73 Å². The third kappa shape index (κ3) is 4.09. The van der Waals surface area contributed by atoms with Crippen LogP contribution in [0.4, 0.5) is 5.69 Å². The van der Waals surface area contributed by atoms with Crippen molar-refractivity contribution < 1.29 is 9.72 Å². The van der Waals surface area contributed by atoms with Gasteiger partial charge in [0.05, 0.1) is 4.92 Å². The average Bonchev–Trinajstić information content (AvgIpc) is 2.46. The number of likely N-dealkylation sites (tertiary alicyclic amines) is 1. The summed E-state index contributed by atoms with van der Waals surface area (Å²) in [7, 11) is 0. The van der Waals surface area contributed by atoms with E-state index < -0.39 is 4.92 Å². The van der Waals surface area contributed by atoms with Crippen LogP contribution in [0, 0.1) is 16.0 Å². The second-order valence-corrected chi connectivity index (χ2v) is 5.84. The molecular formula is C14H19Cl2N3O3. The molecule has 1 aromatic rings. The molecule has 0 saturated carbocycles. The summed E-state index contributed by atoms with van der Waals surface area (Å²) in [6, 6.07) is 4.14. The highest BCUT2D eigenvalue weighted by Gasteiger charge is 2.29. The van der Waals surface area contributed by atoms with E-state index in [4.69, 9.17) is 17.3 Å². The molecule has 1 aliphatic rings. The van der Waals surface area contributed by atoms with Crippen molar-refractivity contribution in [3.63, 3.8) is 0 Å². The van der Waals surface area contributed by atoms with Gasteiger partial charge in [0, 0.05) is 30.2 Å². The molecule has 8 heteroatoms. The minimum atomic E-state index is -0.557. The van der Waals surface area contributed by atoms with E-state index in [0.717, 1.165) is 12.8 Å². The van der Waals surface area contributed by atoms with Crippen LogP contribution in [0.15, 0.2) is 18.2 Å². The Bertz CT molecular complexity index is 558. The summed E-state index contributed by atoms with van der Waals surface area (Å²) >= 11 is 5.86. The molecule has 0 bridgehead atoms. The molecule has 1 aliphatic heterocycles. The highest BCUT2D eigenvalue weighted by molar-refractivity contribution is 6.31. The fraction of sp³-hybridized carbons (Fsp3) is 0.500. The van der Waals surface area contributed by atoms with Crippen LogP contribution >= 0.6 is 24.0 Å². The third-order valence-electron chi connectivity index (χ3n) is 3.96. The Labute approximate surface area is 140 Å². The lowest BCUT2D eigenvalue weighted by atomic mass is 9.90. The monoisotopic (exact) mass is 347 g/mol. The Hall–Kier alpha value is -1.37. The molecule has 1 heterocycles. The van der Waals surface area contributed by atoms with Gasteiger partial charge < -0.3 is 10.6 Å². The van der Waals surface area contributed by atoms with Crippen molar-refractivity contribution in [3.05, 3.63) is 38.9 Å². The number of benzene rings is 1. The molecule has 122 valence electrons. The van der Waals surface area contributed by atoms with Gasteiger partial charge in [-0.1, -0.05) is 11.6 Å². The Kier molecular flexibility index (Phi) is 6.59. The van der Waals surface area contributed by atoms with Gasteiger partial charge in [-0.25, -0.2) is 0 Å². The van der Waals surface area contributed by atoms with Gasteiger partial charge in [-0.2, -0.15) is 0 Å². The van der Waals surface area contributed by atoms with Crippen molar-refractivity contribution in [3.8, 4) is 0 Å². The Balaban J connectivity index is 0.00000242. The van der Waals surface area contributed by atoms with Gasteiger partial charge in [-0.15, -0.1) is 12.4 Å². The molecule has 2 rings (SSSR count). The standard InChI is InChI=1S/C14H18ClN3O3.ClH/c1-9(16)10-4-6-17(7-5-10)14(19)12-8-11(15)2-3-13(12)18(20)21;/h2-3,8-10H,4-7,16H2,1H3;1H. The maximum absolute atomic E-state index is 12.5. The number of carbonyl (C=O) groups is 1. The number of amides is 1. The predicted octanol–water partition coefficient (Wildman–Crippen LogP) is 2.87. The van der Waals surface area contributed by atoms with Gasteiger partial charge in [0.25, 0.3) is 11.6 Å². The Morgan fingerprint density at radius 2 is 2.05 bits per heavy atom. The lowest BCUT2D eigenvalue weighted by molar-refractivity contribution is -0.385. The lowest BCUT2D eigenvalue weighted by Gasteiger charge is -2.33. The molecule has 22 heavy (non-hydrogen) atoms. The van der Waals surface area contributed by atoms with E-state index in [0.29, 0.717) is 24.0 Å². The van der Waals surface area contributed by atoms with Crippen LogP contribution in [0.1, 0.15) is 30.1 Å². The van der Waals surface area contributed by atoms with Crippen LogP contribution in [-0.4, -0.2) is 34.9 Å². The molecule has 1 atom stereocenters. The molecular weight excluding hydrogens is 329 g/mol. The lowest BCUT2D eigenvalue weighted by Crippen LogP contribution is -2.42. The molecule has 0 spiro atoms. The summed E-state index contributed by atoms with van der Waals surface area (Å²) in [6.07, 6.45) is 1.63. The van der Waals surface area contributed by atoms with Crippen molar-refractivity contribution in [2.24, 2.45) is 11.7 Å². The van der Waals surface area contributed by atoms with E-state index in [-0.39, 0.29) is 35.6 Å². The van der Waals surface area contributed by atoms with Gasteiger partial charge in [0.1, 0.15) is 5.56 Å². The van der Waals surface area contributed by atoms with E-state index >= 15 is 0 Å². The summed E-state index contributed by atoms with van der Waals surface area (Å²) in [5.41, 5.74) is 5.71. The first-order valence-electron chi connectivity index (χ1n) is 6.89. The molecule has 6 nitrogen and oxygen atoms in total. The summed E-state index contributed by atoms with van der Waals surface area (Å²) in [5.74, 6) is 0.0516. The normalized spacial score (nSPS) is 16.8. The minimum Gasteiger partial charge on any atom is -0.338 e. The van der Waals surface area contributed by atoms with Crippen molar-refractivity contribution in [2.45, 2.75) is 25.8 Å². The predicted molar refractivity (Wildman–Crippen MR) is 87.6 cm³/mol. The van der Waals surface area contributed by atoms with Crippen molar-refractivity contribution in [2.75, 3.05) is 13.1 Å². The van der Waals surface area contributed by atoms with E-state index in [1.165, 1.54) is 18.2 Å². The van der Waals surface area contributed by atoms with E-state index in [9.17, 15) is 14.9 Å².